The molecule has 120 valence electrons. The van der Waals surface area contributed by atoms with E-state index in [-0.39, 0.29) is 16.8 Å². The average Bonchev–Trinajstić information content (AvgIpc) is 2.56. The van der Waals surface area contributed by atoms with Gasteiger partial charge < -0.3 is 9.47 Å². The van der Waals surface area contributed by atoms with Gasteiger partial charge >= 0.3 is 0 Å². The highest BCUT2D eigenvalue weighted by Crippen LogP contribution is 2.59. The highest BCUT2D eigenvalue weighted by atomic mass is 16.6. The molecule has 0 amide bonds. The lowest BCUT2D eigenvalue weighted by Gasteiger charge is -2.64. The summed E-state index contributed by atoms with van der Waals surface area (Å²) in [5.41, 5.74) is 1.34. The lowest BCUT2D eigenvalue weighted by Crippen LogP contribution is -2.69. The van der Waals surface area contributed by atoms with Crippen LogP contribution in [0.4, 0.5) is 0 Å². The van der Waals surface area contributed by atoms with Gasteiger partial charge in [0.1, 0.15) is 0 Å². The Kier molecular flexibility index (Phi) is 3.58. The van der Waals surface area contributed by atoms with Crippen molar-refractivity contribution >= 4 is 0 Å². The molecule has 0 N–H and O–H groups in total. The van der Waals surface area contributed by atoms with Gasteiger partial charge in [0.15, 0.2) is 0 Å². The van der Waals surface area contributed by atoms with Gasteiger partial charge in [0.25, 0.3) is 0 Å². The molecular weight excluding hydrogens is 272 g/mol. The maximum Gasteiger partial charge on any atom is 0.0978 e. The van der Waals surface area contributed by atoms with Crippen LogP contribution in [0.1, 0.15) is 70.3 Å². The first-order chi connectivity index (χ1) is 10.7. The Morgan fingerprint density at radius 3 is 2.27 bits per heavy atom. The van der Waals surface area contributed by atoms with Crippen LogP contribution in [0.2, 0.25) is 0 Å². The summed E-state index contributed by atoms with van der Waals surface area (Å²) in [5, 5.41) is 0. The Bertz CT molecular complexity index is 508. The highest BCUT2D eigenvalue weighted by Gasteiger charge is 2.63. The smallest absolute Gasteiger partial charge is 0.0978 e. The molecule has 4 fully saturated rings. The number of ether oxygens (including phenoxy) is 2. The quantitative estimate of drug-likeness (QED) is 0.781. The van der Waals surface area contributed by atoms with Crippen molar-refractivity contribution in [2.45, 2.75) is 88.1 Å². The van der Waals surface area contributed by atoms with E-state index in [1.165, 1.54) is 50.5 Å². The molecule has 0 radical (unpaired) electrons. The number of hydrogen-bond donors (Lipinski definition) is 0. The van der Waals surface area contributed by atoms with Crippen LogP contribution in [0.25, 0.3) is 0 Å². The van der Waals surface area contributed by atoms with Crippen LogP contribution in [0.15, 0.2) is 30.3 Å². The van der Waals surface area contributed by atoms with E-state index in [4.69, 9.17) is 9.47 Å². The van der Waals surface area contributed by atoms with E-state index in [1.54, 1.807) is 0 Å². The summed E-state index contributed by atoms with van der Waals surface area (Å²) in [6, 6.07) is 10.6. The fraction of sp³-hybridized carbons (Fsp3) is 0.700. The van der Waals surface area contributed by atoms with Crippen molar-refractivity contribution in [3.63, 3.8) is 0 Å². The maximum atomic E-state index is 6.77. The van der Waals surface area contributed by atoms with Crippen molar-refractivity contribution in [1.29, 1.82) is 0 Å². The van der Waals surface area contributed by atoms with E-state index < -0.39 is 0 Å². The molecule has 1 spiro atoms. The summed E-state index contributed by atoms with van der Waals surface area (Å²) in [7, 11) is 0. The van der Waals surface area contributed by atoms with E-state index in [9.17, 15) is 0 Å². The van der Waals surface area contributed by atoms with Crippen LogP contribution in [0, 0.1) is 0 Å². The second kappa shape index (κ2) is 5.35. The van der Waals surface area contributed by atoms with Crippen molar-refractivity contribution in [1.82, 2.24) is 0 Å². The topological polar surface area (TPSA) is 18.5 Å². The summed E-state index contributed by atoms with van der Waals surface area (Å²) >= 11 is 0. The molecule has 5 rings (SSSR count). The molecule has 2 nitrogen and oxygen atoms in total. The third kappa shape index (κ3) is 2.32. The minimum Gasteiger partial charge on any atom is -0.367 e. The van der Waals surface area contributed by atoms with Gasteiger partial charge in [-0.3, -0.25) is 0 Å². The molecule has 2 saturated carbocycles. The van der Waals surface area contributed by atoms with Crippen molar-refractivity contribution in [2.75, 3.05) is 0 Å². The first kappa shape index (κ1) is 14.7. The molecule has 0 unspecified atom stereocenters. The van der Waals surface area contributed by atoms with E-state index in [2.05, 4.69) is 37.3 Å². The van der Waals surface area contributed by atoms with E-state index in [0.29, 0.717) is 0 Å². The summed E-state index contributed by atoms with van der Waals surface area (Å²) < 4.78 is 13.4. The molecule has 2 heteroatoms. The van der Waals surface area contributed by atoms with Gasteiger partial charge in [-0.25, -0.2) is 0 Å². The van der Waals surface area contributed by atoms with Crippen LogP contribution in [-0.4, -0.2) is 16.8 Å². The molecule has 4 aliphatic rings. The molecule has 1 aromatic rings. The lowest BCUT2D eigenvalue weighted by atomic mass is 9.60. The molecule has 0 aromatic heterocycles. The predicted molar refractivity (Wildman–Crippen MR) is 87.7 cm³/mol. The molecule has 2 aliphatic heterocycles. The first-order valence-corrected chi connectivity index (χ1v) is 9.04. The lowest BCUT2D eigenvalue weighted by molar-refractivity contribution is -0.335. The Morgan fingerprint density at radius 1 is 0.909 bits per heavy atom. The van der Waals surface area contributed by atoms with E-state index in [0.717, 1.165) is 19.4 Å². The Morgan fingerprint density at radius 2 is 1.59 bits per heavy atom. The number of rotatable bonds is 3. The summed E-state index contributed by atoms with van der Waals surface area (Å²) in [6.45, 7) is 3.05. The Labute approximate surface area is 134 Å². The summed E-state index contributed by atoms with van der Waals surface area (Å²) in [4.78, 5) is 0. The van der Waals surface area contributed by atoms with Gasteiger partial charge in [-0.15, -0.1) is 0 Å². The van der Waals surface area contributed by atoms with Gasteiger partial charge in [0.2, 0.25) is 0 Å². The Balaban J connectivity index is 1.59. The molecule has 2 heterocycles. The van der Waals surface area contributed by atoms with Gasteiger partial charge in [-0.05, 0) is 51.0 Å². The predicted octanol–water partition coefficient (Wildman–Crippen LogP) is 5.01. The monoisotopic (exact) mass is 300 g/mol. The van der Waals surface area contributed by atoms with Crippen molar-refractivity contribution in [3.8, 4) is 0 Å². The maximum absolute atomic E-state index is 6.77. The van der Waals surface area contributed by atoms with Gasteiger partial charge in [-0.1, -0.05) is 49.6 Å². The highest BCUT2D eigenvalue weighted by molar-refractivity contribution is 5.16. The number of hydrogen-bond acceptors (Lipinski definition) is 2. The normalized spacial score (nSPS) is 36.6. The van der Waals surface area contributed by atoms with Crippen LogP contribution in [0.5, 0.6) is 0 Å². The third-order valence-corrected chi connectivity index (χ3v) is 6.41. The minimum atomic E-state index is -0.0407. The molecule has 22 heavy (non-hydrogen) atoms. The summed E-state index contributed by atoms with van der Waals surface area (Å²) in [6.07, 6.45) is 11.0. The molecular formula is C20H28O2. The van der Waals surface area contributed by atoms with Crippen LogP contribution in [-0.2, 0) is 16.1 Å². The second-order valence-corrected chi connectivity index (χ2v) is 7.88. The molecule has 0 atom stereocenters. The first-order valence-electron chi connectivity index (χ1n) is 9.04. The van der Waals surface area contributed by atoms with Crippen LogP contribution in [0.3, 0.4) is 0 Å². The largest absolute Gasteiger partial charge is 0.367 e. The zero-order valence-corrected chi connectivity index (χ0v) is 13.8. The van der Waals surface area contributed by atoms with Gasteiger partial charge in [-0.2, -0.15) is 0 Å². The molecule has 2 bridgehead atoms. The molecule has 2 saturated heterocycles. The van der Waals surface area contributed by atoms with Crippen molar-refractivity contribution < 1.29 is 9.47 Å². The zero-order chi connectivity index (χ0) is 15.1. The van der Waals surface area contributed by atoms with Gasteiger partial charge in [0.05, 0.1) is 23.4 Å². The minimum absolute atomic E-state index is 0.00865. The van der Waals surface area contributed by atoms with Crippen molar-refractivity contribution in [2.24, 2.45) is 0 Å². The number of benzene rings is 1. The van der Waals surface area contributed by atoms with Crippen LogP contribution < -0.4 is 0 Å². The fourth-order valence-electron chi connectivity index (χ4n) is 5.06. The van der Waals surface area contributed by atoms with Crippen molar-refractivity contribution in [3.05, 3.63) is 35.9 Å². The SMILES string of the molecule is CC12CCC(OCc3ccccc3)(CC1)C1(CCCCC1)O2. The average molecular weight is 300 g/mol. The molecule has 2 aliphatic carbocycles. The number of fused-ring (bicyclic) bond motifs is 2. The fourth-order valence-corrected chi connectivity index (χ4v) is 5.06. The zero-order valence-electron chi connectivity index (χ0n) is 13.8. The van der Waals surface area contributed by atoms with Gasteiger partial charge in [0, 0.05) is 0 Å². The molecule has 1 aromatic carbocycles. The van der Waals surface area contributed by atoms with Crippen LogP contribution >= 0.6 is 0 Å². The summed E-state index contributed by atoms with van der Waals surface area (Å²) in [5.74, 6) is 0. The van der Waals surface area contributed by atoms with E-state index in [1.807, 2.05) is 0 Å². The Hall–Kier alpha value is -0.860. The second-order valence-electron chi connectivity index (χ2n) is 7.88. The standard InChI is InChI=1S/C20H28O2/c1-18-12-14-19(15-13-18,20(22-18)10-6-3-7-11-20)21-16-17-8-4-2-5-9-17/h2,4-5,8-9H,3,6-7,10-16H2,1H3. The van der Waals surface area contributed by atoms with E-state index >= 15 is 0 Å². The third-order valence-electron chi connectivity index (χ3n) is 6.41.